The number of anilines is 1. The molecule has 0 bridgehead atoms. The van der Waals surface area contributed by atoms with Crippen LogP contribution in [0.25, 0.3) is 0 Å². The van der Waals surface area contributed by atoms with Crippen LogP contribution in [0.1, 0.15) is 30.9 Å². The summed E-state index contributed by atoms with van der Waals surface area (Å²) >= 11 is 0. The molecule has 128 valence electrons. The number of rotatable bonds is 7. The van der Waals surface area contributed by atoms with Crippen LogP contribution < -0.4 is 10.6 Å². The summed E-state index contributed by atoms with van der Waals surface area (Å²) < 4.78 is 0. The third kappa shape index (κ3) is 5.50. The van der Waals surface area contributed by atoms with Gasteiger partial charge in [0.25, 0.3) is 5.91 Å². The third-order valence-electron chi connectivity index (χ3n) is 3.86. The van der Waals surface area contributed by atoms with Crippen LogP contribution in [-0.2, 0) is 11.2 Å². The van der Waals surface area contributed by atoms with Crippen LogP contribution in [0, 0.1) is 11.3 Å². The molecule has 0 heterocycles. The summed E-state index contributed by atoms with van der Waals surface area (Å²) in [6.07, 6.45) is 2.20. The number of nitrogens with one attached hydrogen (secondary N) is 2. The molecule has 2 aromatic rings. The van der Waals surface area contributed by atoms with Crippen molar-refractivity contribution in [2.24, 2.45) is 0 Å². The molecule has 0 fully saturated rings. The van der Waals surface area contributed by atoms with Crippen molar-refractivity contribution in [2.45, 2.75) is 26.2 Å². The molecule has 2 rings (SSSR count). The average Bonchev–Trinajstić information content (AvgIpc) is 2.63. The Kier molecular flexibility index (Phi) is 6.79. The molecule has 0 atom stereocenters. The summed E-state index contributed by atoms with van der Waals surface area (Å²) in [5, 5.41) is 15.1. The van der Waals surface area contributed by atoms with Gasteiger partial charge in [-0.15, -0.1) is 0 Å². The van der Waals surface area contributed by atoms with E-state index in [0.29, 0.717) is 12.5 Å². The van der Waals surface area contributed by atoms with Crippen molar-refractivity contribution in [2.75, 3.05) is 11.9 Å². The van der Waals surface area contributed by atoms with Gasteiger partial charge < -0.3 is 10.6 Å². The molecule has 0 saturated heterocycles. The van der Waals surface area contributed by atoms with Gasteiger partial charge in [-0.2, -0.15) is 5.26 Å². The number of nitriles is 1. The highest BCUT2D eigenvalue weighted by atomic mass is 16.1. The Hall–Kier alpha value is -3.06. The van der Waals surface area contributed by atoms with Crippen LogP contribution in [0.2, 0.25) is 0 Å². The van der Waals surface area contributed by atoms with Crippen molar-refractivity contribution in [1.82, 2.24) is 5.32 Å². The lowest BCUT2D eigenvalue weighted by Gasteiger charge is -2.12. The van der Waals surface area contributed by atoms with E-state index < -0.39 is 0 Å². The fraction of sp³-hybridized carbons (Fsp3) is 0.238. The maximum Gasteiger partial charge on any atom is 0.263 e. The first-order chi connectivity index (χ1) is 12.1. The third-order valence-corrected chi connectivity index (χ3v) is 3.86. The summed E-state index contributed by atoms with van der Waals surface area (Å²) in [4.78, 5) is 12.2. The zero-order valence-electron chi connectivity index (χ0n) is 14.6. The molecule has 4 nitrogen and oxygen atoms in total. The Morgan fingerprint density at radius 2 is 1.80 bits per heavy atom. The molecule has 0 unspecified atom stereocenters. The number of carbonyl (C=O) groups excluding carboxylic acids is 1. The predicted octanol–water partition coefficient (Wildman–Crippen LogP) is 3.99. The monoisotopic (exact) mass is 333 g/mol. The Labute approximate surface area is 149 Å². The molecule has 0 aliphatic carbocycles. The van der Waals surface area contributed by atoms with Gasteiger partial charge >= 0.3 is 0 Å². The Morgan fingerprint density at radius 1 is 1.12 bits per heavy atom. The van der Waals surface area contributed by atoms with E-state index in [1.807, 2.05) is 60.7 Å². The summed E-state index contributed by atoms with van der Waals surface area (Å²) in [5.74, 6) is -0.0182. The molecule has 0 radical (unpaired) electrons. The van der Waals surface area contributed by atoms with Gasteiger partial charge in [0.1, 0.15) is 11.6 Å². The van der Waals surface area contributed by atoms with Crippen molar-refractivity contribution in [3.05, 3.63) is 77.5 Å². The number of amides is 1. The fourth-order valence-corrected chi connectivity index (χ4v) is 2.49. The summed E-state index contributed by atoms with van der Waals surface area (Å²) in [6.45, 7) is 4.70. The Bertz CT molecular complexity index is 773. The van der Waals surface area contributed by atoms with E-state index in [2.05, 4.69) is 24.5 Å². The Balaban J connectivity index is 1.95. The summed E-state index contributed by atoms with van der Waals surface area (Å²) in [6, 6.07) is 19.7. The molecule has 0 aliphatic rings. The molecule has 25 heavy (non-hydrogen) atoms. The molecule has 2 aromatic carbocycles. The zero-order valence-corrected chi connectivity index (χ0v) is 14.6. The number of benzene rings is 2. The maximum absolute atomic E-state index is 12.2. The standard InChI is InChI=1S/C21H23N3O/c1-16(2)19-10-6-7-11-20(19)24-15-18(14-22)21(25)23-13-12-17-8-4-3-5-9-17/h3-11,15-16,24H,12-13H2,1-2H3,(H,23,25)/b18-15-. The highest BCUT2D eigenvalue weighted by Gasteiger charge is 2.09. The highest BCUT2D eigenvalue weighted by Crippen LogP contribution is 2.23. The van der Waals surface area contributed by atoms with E-state index in [1.54, 1.807) is 0 Å². The van der Waals surface area contributed by atoms with E-state index in [1.165, 1.54) is 6.20 Å². The molecule has 1 amide bonds. The van der Waals surface area contributed by atoms with E-state index >= 15 is 0 Å². The second kappa shape index (κ2) is 9.29. The SMILES string of the molecule is CC(C)c1ccccc1N/C=C(/C#N)C(=O)NCCc1ccccc1. The maximum atomic E-state index is 12.2. The molecular weight excluding hydrogens is 310 g/mol. The highest BCUT2D eigenvalue weighted by molar-refractivity contribution is 5.97. The van der Waals surface area contributed by atoms with Crippen LogP contribution >= 0.6 is 0 Å². The minimum Gasteiger partial charge on any atom is -0.360 e. The number of nitrogens with zero attached hydrogens (tertiary/aromatic N) is 1. The molecule has 0 spiro atoms. The van der Waals surface area contributed by atoms with Gasteiger partial charge in [-0.25, -0.2) is 0 Å². The average molecular weight is 333 g/mol. The van der Waals surface area contributed by atoms with E-state index in [0.717, 1.165) is 23.2 Å². The van der Waals surface area contributed by atoms with Gasteiger partial charge in [0, 0.05) is 18.4 Å². The van der Waals surface area contributed by atoms with E-state index in [-0.39, 0.29) is 11.5 Å². The van der Waals surface area contributed by atoms with Gasteiger partial charge in [-0.1, -0.05) is 62.4 Å². The molecule has 2 N–H and O–H groups in total. The Morgan fingerprint density at radius 3 is 2.48 bits per heavy atom. The van der Waals surface area contributed by atoms with Gasteiger partial charge in [0.05, 0.1) is 0 Å². The first kappa shape index (κ1) is 18.3. The number of carbonyl (C=O) groups is 1. The summed E-state index contributed by atoms with van der Waals surface area (Å²) in [5.41, 5.74) is 3.25. The second-order valence-electron chi connectivity index (χ2n) is 6.05. The van der Waals surface area contributed by atoms with Crippen molar-refractivity contribution >= 4 is 11.6 Å². The van der Waals surface area contributed by atoms with Crippen LogP contribution in [0.3, 0.4) is 0 Å². The molecule has 4 heteroatoms. The van der Waals surface area contributed by atoms with E-state index in [9.17, 15) is 10.1 Å². The van der Waals surface area contributed by atoms with Gasteiger partial charge in [0.2, 0.25) is 0 Å². The van der Waals surface area contributed by atoms with Crippen molar-refractivity contribution in [1.29, 1.82) is 5.26 Å². The molecule has 0 saturated carbocycles. The first-order valence-electron chi connectivity index (χ1n) is 8.39. The van der Waals surface area contributed by atoms with Crippen molar-refractivity contribution in [3.63, 3.8) is 0 Å². The minimum atomic E-state index is -0.368. The van der Waals surface area contributed by atoms with E-state index in [4.69, 9.17) is 0 Å². The van der Waals surface area contributed by atoms with Gasteiger partial charge in [-0.3, -0.25) is 4.79 Å². The number of hydrogen-bond donors (Lipinski definition) is 2. The summed E-state index contributed by atoms with van der Waals surface area (Å²) in [7, 11) is 0. The fourth-order valence-electron chi connectivity index (χ4n) is 2.49. The van der Waals surface area contributed by atoms with Crippen LogP contribution in [0.4, 0.5) is 5.69 Å². The quantitative estimate of drug-likeness (QED) is 0.595. The van der Waals surface area contributed by atoms with Gasteiger partial charge in [0.15, 0.2) is 0 Å². The number of para-hydroxylation sites is 1. The smallest absolute Gasteiger partial charge is 0.263 e. The minimum absolute atomic E-state index is 0.0617. The van der Waals surface area contributed by atoms with Crippen molar-refractivity contribution in [3.8, 4) is 6.07 Å². The van der Waals surface area contributed by atoms with Crippen molar-refractivity contribution < 1.29 is 4.79 Å². The largest absolute Gasteiger partial charge is 0.360 e. The van der Waals surface area contributed by atoms with Crippen LogP contribution in [0.5, 0.6) is 0 Å². The lowest BCUT2D eigenvalue weighted by Crippen LogP contribution is -2.27. The number of hydrogen-bond acceptors (Lipinski definition) is 3. The molecular formula is C21H23N3O. The first-order valence-corrected chi connectivity index (χ1v) is 8.39. The topological polar surface area (TPSA) is 64.9 Å². The lowest BCUT2D eigenvalue weighted by molar-refractivity contribution is -0.117. The zero-order chi connectivity index (χ0) is 18.1. The molecule has 0 aliphatic heterocycles. The lowest BCUT2D eigenvalue weighted by atomic mass is 10.0. The second-order valence-corrected chi connectivity index (χ2v) is 6.05. The van der Waals surface area contributed by atoms with Crippen LogP contribution in [-0.4, -0.2) is 12.5 Å². The van der Waals surface area contributed by atoms with Gasteiger partial charge in [-0.05, 0) is 29.5 Å². The van der Waals surface area contributed by atoms with Crippen LogP contribution in [0.15, 0.2) is 66.4 Å². The normalized spacial score (nSPS) is 11.0. The molecule has 0 aromatic heterocycles. The predicted molar refractivity (Wildman–Crippen MR) is 101 cm³/mol.